The fourth-order valence-corrected chi connectivity index (χ4v) is 3.36. The van der Waals surface area contributed by atoms with Gasteiger partial charge in [0.25, 0.3) is 0 Å². The van der Waals surface area contributed by atoms with E-state index in [9.17, 15) is 22.8 Å². The number of carbonyl (C=O) groups is 2. The van der Waals surface area contributed by atoms with Crippen molar-refractivity contribution in [3.8, 4) is 0 Å². The van der Waals surface area contributed by atoms with E-state index in [0.717, 1.165) is 17.0 Å². The fraction of sp³-hybridized carbons (Fsp3) is 0.211. The van der Waals surface area contributed by atoms with Crippen LogP contribution in [0, 0.1) is 5.92 Å². The topological polar surface area (TPSA) is 75.8 Å². The van der Waals surface area contributed by atoms with E-state index in [2.05, 4.69) is 4.99 Å². The molecule has 2 heterocycles. The van der Waals surface area contributed by atoms with E-state index in [0.29, 0.717) is 5.56 Å². The smallest absolute Gasteiger partial charge is 0.366 e. The molecule has 0 aliphatic carbocycles. The molecule has 0 saturated heterocycles. The number of dihydropyridines is 1. The van der Waals surface area contributed by atoms with Crippen LogP contribution in [-0.4, -0.2) is 24.6 Å². The Morgan fingerprint density at radius 2 is 2.14 bits per heavy atom. The SMILES string of the molecule is [2H]c1c(N(Cc2ccsc2)C(=O)C2C=C(C(N)=O)C=NC2)cccc1C(F)(F)F. The summed E-state index contributed by atoms with van der Waals surface area (Å²) >= 11 is 1.38. The summed E-state index contributed by atoms with van der Waals surface area (Å²) in [6.45, 7) is 0.0114. The van der Waals surface area contributed by atoms with E-state index < -0.39 is 35.5 Å². The molecule has 1 aliphatic heterocycles. The van der Waals surface area contributed by atoms with E-state index in [1.165, 1.54) is 29.7 Å². The number of halogens is 3. The van der Waals surface area contributed by atoms with Crippen molar-refractivity contribution >= 4 is 35.1 Å². The quantitative estimate of drug-likeness (QED) is 0.823. The number of amides is 2. The number of hydrogen-bond acceptors (Lipinski definition) is 4. The number of nitrogens with zero attached hydrogens (tertiary/aromatic N) is 2. The summed E-state index contributed by atoms with van der Waals surface area (Å²) in [5.74, 6) is -2.20. The molecule has 1 unspecified atom stereocenters. The highest BCUT2D eigenvalue weighted by Crippen LogP contribution is 2.32. The van der Waals surface area contributed by atoms with Crippen LogP contribution in [0.25, 0.3) is 0 Å². The number of primary amides is 1. The minimum absolute atomic E-state index is 0.0184. The van der Waals surface area contributed by atoms with Crippen molar-refractivity contribution in [3.05, 3.63) is 63.8 Å². The van der Waals surface area contributed by atoms with Crippen LogP contribution in [0.2, 0.25) is 0 Å². The van der Waals surface area contributed by atoms with E-state index in [-0.39, 0.29) is 24.4 Å². The number of hydrogen-bond donors (Lipinski definition) is 1. The van der Waals surface area contributed by atoms with Crippen molar-refractivity contribution in [2.45, 2.75) is 12.7 Å². The van der Waals surface area contributed by atoms with Crippen LogP contribution < -0.4 is 10.6 Å². The average molecular weight is 408 g/mol. The van der Waals surface area contributed by atoms with Crippen molar-refractivity contribution < 1.29 is 24.1 Å². The van der Waals surface area contributed by atoms with Gasteiger partial charge in [-0.25, -0.2) is 0 Å². The lowest BCUT2D eigenvalue weighted by molar-refractivity contribution is -0.137. The first kappa shape index (κ1) is 18.4. The van der Waals surface area contributed by atoms with Gasteiger partial charge in [-0.3, -0.25) is 14.6 Å². The second-order valence-electron chi connectivity index (χ2n) is 6.09. The number of aliphatic imine (C=N–C) groups is 1. The average Bonchev–Trinajstić information content (AvgIpc) is 3.18. The minimum atomic E-state index is -4.72. The van der Waals surface area contributed by atoms with E-state index >= 15 is 0 Å². The van der Waals surface area contributed by atoms with Gasteiger partial charge in [0.05, 0.1) is 31.5 Å². The lowest BCUT2D eigenvalue weighted by Gasteiger charge is -2.27. The lowest BCUT2D eigenvalue weighted by Crippen LogP contribution is -2.38. The highest BCUT2D eigenvalue weighted by atomic mass is 32.1. The molecule has 0 spiro atoms. The maximum atomic E-state index is 13.3. The van der Waals surface area contributed by atoms with E-state index in [1.807, 2.05) is 0 Å². The molecule has 1 aromatic heterocycles. The van der Waals surface area contributed by atoms with Crippen LogP contribution in [0.1, 0.15) is 12.5 Å². The monoisotopic (exact) mass is 408 g/mol. The highest BCUT2D eigenvalue weighted by Gasteiger charge is 2.32. The van der Waals surface area contributed by atoms with Gasteiger partial charge >= 0.3 is 6.18 Å². The molecule has 3 rings (SSSR count). The van der Waals surface area contributed by atoms with Crippen molar-refractivity contribution in [1.29, 1.82) is 0 Å². The predicted molar refractivity (Wildman–Crippen MR) is 101 cm³/mol. The molecule has 1 atom stereocenters. The third-order valence-electron chi connectivity index (χ3n) is 4.08. The van der Waals surface area contributed by atoms with Crippen molar-refractivity contribution in [2.75, 3.05) is 11.4 Å². The molecule has 1 aliphatic rings. The van der Waals surface area contributed by atoms with Gasteiger partial charge < -0.3 is 10.6 Å². The van der Waals surface area contributed by atoms with Gasteiger partial charge in [0.2, 0.25) is 11.8 Å². The van der Waals surface area contributed by atoms with Crippen LogP contribution in [0.15, 0.2) is 57.7 Å². The highest BCUT2D eigenvalue weighted by molar-refractivity contribution is 7.07. The number of thiophene rings is 1. The predicted octanol–water partition coefficient (Wildman–Crippen LogP) is 3.41. The number of carbonyl (C=O) groups excluding carboxylic acids is 2. The number of alkyl halides is 3. The van der Waals surface area contributed by atoms with Crippen molar-refractivity contribution in [3.63, 3.8) is 0 Å². The summed E-state index contributed by atoms with van der Waals surface area (Å²) in [6, 6.07) is 4.21. The molecule has 146 valence electrons. The van der Waals surface area contributed by atoms with E-state index in [4.69, 9.17) is 7.10 Å². The Kier molecular flexibility index (Phi) is 5.25. The van der Waals surface area contributed by atoms with Crippen LogP contribution in [0.3, 0.4) is 0 Å². The Morgan fingerprint density at radius 3 is 2.79 bits per heavy atom. The maximum absolute atomic E-state index is 13.3. The first-order valence-corrected chi connectivity index (χ1v) is 9.13. The first-order chi connectivity index (χ1) is 13.7. The largest absolute Gasteiger partial charge is 0.416 e. The molecule has 0 bridgehead atoms. The molecule has 2 N–H and O–H groups in total. The zero-order chi connectivity index (χ0) is 21.2. The zero-order valence-corrected chi connectivity index (χ0v) is 15.3. The zero-order valence-electron chi connectivity index (χ0n) is 15.4. The molecule has 2 aromatic rings. The van der Waals surface area contributed by atoms with Crippen LogP contribution >= 0.6 is 11.3 Å². The molecule has 2 amide bonds. The van der Waals surface area contributed by atoms with Gasteiger partial charge in [-0.1, -0.05) is 12.1 Å². The van der Waals surface area contributed by atoms with Gasteiger partial charge in [-0.15, -0.1) is 0 Å². The number of benzene rings is 1. The summed E-state index contributed by atoms with van der Waals surface area (Å²) in [4.78, 5) is 29.7. The number of nitrogens with two attached hydrogens (primary N) is 1. The van der Waals surface area contributed by atoms with Crippen LogP contribution in [0.5, 0.6) is 0 Å². The van der Waals surface area contributed by atoms with Gasteiger partial charge in [-0.05, 0) is 40.6 Å². The molecular weight excluding hydrogens is 391 g/mol. The first-order valence-electron chi connectivity index (χ1n) is 8.69. The Bertz CT molecular complexity index is 987. The lowest BCUT2D eigenvalue weighted by atomic mass is 10.0. The second kappa shape index (κ2) is 7.97. The minimum Gasteiger partial charge on any atom is -0.366 e. The van der Waals surface area contributed by atoms with Crippen molar-refractivity contribution in [2.24, 2.45) is 16.6 Å². The molecule has 0 saturated carbocycles. The Labute approximate surface area is 164 Å². The van der Waals surface area contributed by atoms with E-state index in [1.54, 1.807) is 16.8 Å². The Hall–Kier alpha value is -2.94. The fourth-order valence-electron chi connectivity index (χ4n) is 2.70. The third kappa shape index (κ3) is 4.48. The van der Waals surface area contributed by atoms with Crippen LogP contribution in [0.4, 0.5) is 18.9 Å². The van der Waals surface area contributed by atoms with Crippen LogP contribution in [-0.2, 0) is 22.3 Å². The summed E-state index contributed by atoms with van der Waals surface area (Å²) < 4.78 is 47.8. The van der Waals surface area contributed by atoms with Gasteiger partial charge in [0.15, 0.2) is 0 Å². The van der Waals surface area contributed by atoms with Gasteiger partial charge in [0, 0.05) is 11.9 Å². The number of anilines is 1. The van der Waals surface area contributed by atoms with Crippen molar-refractivity contribution in [1.82, 2.24) is 0 Å². The molecule has 0 fully saturated rings. The molecular formula is C19H16F3N3O2S. The Morgan fingerprint density at radius 1 is 1.36 bits per heavy atom. The second-order valence-corrected chi connectivity index (χ2v) is 6.87. The molecule has 9 heteroatoms. The summed E-state index contributed by atoms with van der Waals surface area (Å²) in [6.07, 6.45) is -2.11. The molecule has 28 heavy (non-hydrogen) atoms. The van der Waals surface area contributed by atoms with Gasteiger partial charge in [-0.2, -0.15) is 24.5 Å². The molecule has 5 nitrogen and oxygen atoms in total. The normalized spacial score (nSPS) is 17.0. The summed E-state index contributed by atoms with van der Waals surface area (Å²) in [7, 11) is 0. The maximum Gasteiger partial charge on any atom is 0.416 e. The van der Waals surface area contributed by atoms with Gasteiger partial charge in [0.1, 0.15) is 0 Å². The summed E-state index contributed by atoms with van der Waals surface area (Å²) in [5.41, 5.74) is 4.71. The Balaban J connectivity index is 2.04. The molecule has 1 aromatic carbocycles. The standard InChI is InChI=1S/C19H16F3N3O2S/c20-19(21,22)15-2-1-3-16(7-15)25(10-12-4-5-28-11-12)18(27)14-6-13(17(23)26)8-24-9-14/h1-8,11,14H,9-10H2,(H2,23,26)/i7D. The third-order valence-corrected chi connectivity index (χ3v) is 4.81. The molecule has 0 radical (unpaired) electrons. The summed E-state index contributed by atoms with van der Waals surface area (Å²) in [5, 5.41) is 3.54. The number of rotatable bonds is 5.